The normalized spacial score (nSPS) is 20.0. The van der Waals surface area contributed by atoms with Crippen molar-refractivity contribution in [3.8, 4) is 0 Å². The second-order valence-electron chi connectivity index (χ2n) is 7.60. The summed E-state index contributed by atoms with van der Waals surface area (Å²) in [5, 5.41) is 1.11. The largest absolute Gasteiger partial charge is 0.379 e. The van der Waals surface area contributed by atoms with Gasteiger partial charge in [0, 0.05) is 63.8 Å². The van der Waals surface area contributed by atoms with Gasteiger partial charge in [-0.25, -0.2) is 9.97 Å². The fourth-order valence-corrected chi connectivity index (χ4v) is 3.91. The van der Waals surface area contributed by atoms with Gasteiger partial charge in [0.05, 0.1) is 31.9 Å². The Morgan fingerprint density at radius 2 is 1.78 bits per heavy atom. The molecule has 2 aliphatic heterocycles. The SMILES string of the molecule is CN(C)c1ncnc2ccc(N3CCN(CC4COCCOC4)CC3)cc12. The molecule has 0 radical (unpaired) electrons. The minimum Gasteiger partial charge on any atom is -0.379 e. The van der Waals surface area contributed by atoms with Gasteiger partial charge in [-0.05, 0) is 18.2 Å². The lowest BCUT2D eigenvalue weighted by atomic mass is 10.1. The number of hydrogen-bond acceptors (Lipinski definition) is 7. The predicted octanol–water partition coefficient (Wildman–Crippen LogP) is 1.48. The van der Waals surface area contributed by atoms with Crippen molar-refractivity contribution in [2.75, 3.05) is 83.0 Å². The van der Waals surface area contributed by atoms with Gasteiger partial charge in [0.2, 0.25) is 0 Å². The molecule has 0 aliphatic carbocycles. The fraction of sp³-hybridized carbons (Fsp3) is 0.600. The zero-order chi connectivity index (χ0) is 18.6. The van der Waals surface area contributed by atoms with E-state index in [0.29, 0.717) is 5.92 Å². The highest BCUT2D eigenvalue weighted by molar-refractivity contribution is 5.91. The second kappa shape index (κ2) is 8.37. The predicted molar refractivity (Wildman–Crippen MR) is 108 cm³/mol. The molecule has 0 bridgehead atoms. The number of anilines is 2. The first-order chi connectivity index (χ1) is 13.2. The van der Waals surface area contributed by atoms with Gasteiger partial charge in [0.15, 0.2) is 0 Å². The monoisotopic (exact) mass is 371 g/mol. The molecule has 146 valence electrons. The highest BCUT2D eigenvalue weighted by Gasteiger charge is 2.22. The van der Waals surface area contributed by atoms with Crippen molar-refractivity contribution in [2.24, 2.45) is 5.92 Å². The van der Waals surface area contributed by atoms with E-state index in [1.54, 1.807) is 6.33 Å². The van der Waals surface area contributed by atoms with Crippen LogP contribution >= 0.6 is 0 Å². The third kappa shape index (κ3) is 4.31. The molecule has 4 rings (SSSR count). The number of fused-ring (bicyclic) bond motifs is 1. The van der Waals surface area contributed by atoms with Gasteiger partial charge >= 0.3 is 0 Å². The Morgan fingerprint density at radius 3 is 2.48 bits per heavy atom. The third-order valence-electron chi connectivity index (χ3n) is 5.35. The van der Waals surface area contributed by atoms with Gasteiger partial charge in [-0.15, -0.1) is 0 Å². The number of nitrogens with zero attached hydrogens (tertiary/aromatic N) is 5. The molecule has 27 heavy (non-hydrogen) atoms. The number of aromatic nitrogens is 2. The number of ether oxygens (including phenoxy) is 2. The van der Waals surface area contributed by atoms with E-state index in [1.807, 2.05) is 19.0 Å². The summed E-state index contributed by atoms with van der Waals surface area (Å²) in [6.45, 7) is 8.35. The van der Waals surface area contributed by atoms with Crippen molar-refractivity contribution in [1.82, 2.24) is 14.9 Å². The summed E-state index contributed by atoms with van der Waals surface area (Å²) in [5.41, 5.74) is 2.24. The number of rotatable bonds is 4. The van der Waals surface area contributed by atoms with Gasteiger partial charge in [0.1, 0.15) is 12.1 Å². The minimum atomic E-state index is 0.486. The topological polar surface area (TPSA) is 54.0 Å². The van der Waals surface area contributed by atoms with Crippen LogP contribution in [-0.2, 0) is 9.47 Å². The number of benzene rings is 1. The molecule has 1 aromatic carbocycles. The van der Waals surface area contributed by atoms with Crippen LogP contribution in [0.3, 0.4) is 0 Å². The van der Waals surface area contributed by atoms with Gasteiger partial charge in [-0.3, -0.25) is 4.90 Å². The van der Waals surface area contributed by atoms with Crippen LogP contribution < -0.4 is 9.80 Å². The van der Waals surface area contributed by atoms with Crippen molar-refractivity contribution in [3.05, 3.63) is 24.5 Å². The van der Waals surface area contributed by atoms with Crippen LogP contribution in [0.4, 0.5) is 11.5 Å². The number of hydrogen-bond donors (Lipinski definition) is 0. The lowest BCUT2D eigenvalue weighted by Gasteiger charge is -2.37. The van der Waals surface area contributed by atoms with Gasteiger partial charge in [-0.1, -0.05) is 0 Å². The van der Waals surface area contributed by atoms with Crippen molar-refractivity contribution in [3.63, 3.8) is 0 Å². The minimum absolute atomic E-state index is 0.486. The molecule has 0 N–H and O–H groups in total. The van der Waals surface area contributed by atoms with Gasteiger partial charge < -0.3 is 19.3 Å². The lowest BCUT2D eigenvalue weighted by molar-refractivity contribution is 0.102. The summed E-state index contributed by atoms with van der Waals surface area (Å²) in [7, 11) is 4.04. The first-order valence-corrected chi connectivity index (χ1v) is 9.75. The Kier molecular flexibility index (Phi) is 5.71. The average molecular weight is 371 g/mol. The highest BCUT2D eigenvalue weighted by atomic mass is 16.5. The maximum absolute atomic E-state index is 5.63. The first-order valence-electron chi connectivity index (χ1n) is 9.75. The molecule has 2 fully saturated rings. The van der Waals surface area contributed by atoms with Crippen molar-refractivity contribution < 1.29 is 9.47 Å². The molecule has 2 saturated heterocycles. The van der Waals surface area contributed by atoms with E-state index in [4.69, 9.17) is 9.47 Å². The first kappa shape index (κ1) is 18.4. The Hall–Kier alpha value is -1.96. The molecule has 0 unspecified atom stereocenters. The van der Waals surface area contributed by atoms with E-state index >= 15 is 0 Å². The van der Waals surface area contributed by atoms with E-state index in [-0.39, 0.29) is 0 Å². The van der Waals surface area contributed by atoms with Gasteiger partial charge in [0.25, 0.3) is 0 Å². The molecular weight excluding hydrogens is 342 g/mol. The van der Waals surface area contributed by atoms with Crippen molar-refractivity contribution >= 4 is 22.4 Å². The Bertz CT molecular complexity index is 753. The molecule has 0 amide bonds. The standard InChI is InChI=1S/C20H29N5O2/c1-23(2)20-18-11-17(3-4-19(18)21-15-22-20)25-7-5-24(6-8-25)12-16-13-26-9-10-27-14-16/h3-4,11,15-16H,5-10,12-14H2,1-2H3. The zero-order valence-corrected chi connectivity index (χ0v) is 16.3. The van der Waals surface area contributed by atoms with Crippen LogP contribution in [0.15, 0.2) is 24.5 Å². The number of piperazine rings is 1. The lowest BCUT2D eigenvalue weighted by Crippen LogP contribution is -2.48. The summed E-state index contributed by atoms with van der Waals surface area (Å²) in [5.74, 6) is 1.45. The van der Waals surface area contributed by atoms with E-state index in [1.165, 1.54) is 5.69 Å². The third-order valence-corrected chi connectivity index (χ3v) is 5.35. The molecule has 3 heterocycles. The van der Waals surface area contributed by atoms with Crippen LogP contribution in [0.1, 0.15) is 0 Å². The van der Waals surface area contributed by atoms with Crippen LogP contribution in [-0.4, -0.2) is 88.1 Å². The maximum Gasteiger partial charge on any atom is 0.139 e. The smallest absolute Gasteiger partial charge is 0.139 e. The van der Waals surface area contributed by atoms with Crippen LogP contribution in [0.2, 0.25) is 0 Å². The van der Waals surface area contributed by atoms with Crippen LogP contribution in [0.5, 0.6) is 0 Å². The molecule has 1 aromatic heterocycles. The average Bonchev–Trinajstić information content (AvgIpc) is 2.96. The van der Waals surface area contributed by atoms with E-state index in [2.05, 4.69) is 38.0 Å². The van der Waals surface area contributed by atoms with E-state index in [0.717, 1.165) is 75.9 Å². The van der Waals surface area contributed by atoms with Crippen LogP contribution in [0, 0.1) is 5.92 Å². The molecule has 7 heteroatoms. The van der Waals surface area contributed by atoms with Crippen LogP contribution in [0.25, 0.3) is 10.9 Å². The summed E-state index contributed by atoms with van der Waals surface area (Å²) in [6.07, 6.45) is 1.64. The zero-order valence-electron chi connectivity index (χ0n) is 16.3. The summed E-state index contributed by atoms with van der Waals surface area (Å²) < 4.78 is 11.3. The summed E-state index contributed by atoms with van der Waals surface area (Å²) >= 11 is 0. The molecule has 2 aliphatic rings. The Balaban J connectivity index is 1.41. The quantitative estimate of drug-likeness (QED) is 0.807. The molecule has 7 nitrogen and oxygen atoms in total. The van der Waals surface area contributed by atoms with Crippen molar-refractivity contribution in [1.29, 1.82) is 0 Å². The molecule has 0 spiro atoms. The Labute approximate surface area is 160 Å². The highest BCUT2D eigenvalue weighted by Crippen LogP contribution is 2.27. The molecule has 0 saturated carbocycles. The molecular formula is C20H29N5O2. The molecule has 0 atom stereocenters. The molecule has 2 aromatic rings. The van der Waals surface area contributed by atoms with E-state index < -0.39 is 0 Å². The van der Waals surface area contributed by atoms with Crippen molar-refractivity contribution in [2.45, 2.75) is 0 Å². The summed E-state index contributed by atoms with van der Waals surface area (Å²) in [4.78, 5) is 15.9. The second-order valence-corrected chi connectivity index (χ2v) is 7.60. The van der Waals surface area contributed by atoms with Gasteiger partial charge in [-0.2, -0.15) is 0 Å². The fourth-order valence-electron chi connectivity index (χ4n) is 3.91. The maximum atomic E-state index is 5.63. The summed E-state index contributed by atoms with van der Waals surface area (Å²) in [6, 6.07) is 6.51. The Morgan fingerprint density at radius 1 is 1.04 bits per heavy atom. The van der Waals surface area contributed by atoms with E-state index in [9.17, 15) is 0 Å².